The van der Waals surface area contributed by atoms with Crippen molar-refractivity contribution in [1.82, 2.24) is 4.90 Å². The first-order valence-corrected chi connectivity index (χ1v) is 7.79. The lowest BCUT2D eigenvalue weighted by Crippen LogP contribution is -2.38. The number of hydrogen-bond acceptors (Lipinski definition) is 3. The Bertz CT molecular complexity index is 418. The van der Waals surface area contributed by atoms with Crippen LogP contribution in [0.3, 0.4) is 0 Å². The van der Waals surface area contributed by atoms with Crippen molar-refractivity contribution in [1.29, 1.82) is 0 Å². The summed E-state index contributed by atoms with van der Waals surface area (Å²) in [7, 11) is 0. The van der Waals surface area contributed by atoms with Crippen LogP contribution >= 0.6 is 12.2 Å². The summed E-state index contributed by atoms with van der Waals surface area (Å²) in [6.45, 7) is 5.92. The van der Waals surface area contributed by atoms with Crippen LogP contribution in [-0.4, -0.2) is 42.2 Å². The van der Waals surface area contributed by atoms with E-state index in [4.69, 9.17) is 22.7 Å². The highest BCUT2D eigenvalue weighted by atomic mass is 32.1. The van der Waals surface area contributed by atoms with Crippen LogP contribution in [0.4, 0.5) is 0 Å². The smallest absolute Gasteiger partial charge is 0.0816 e. The molecule has 1 fully saturated rings. The number of ether oxygens (including phenoxy) is 1. The average molecular weight is 292 g/mol. The van der Waals surface area contributed by atoms with Crippen LogP contribution < -0.4 is 5.73 Å². The number of nitrogens with two attached hydrogens (primary N) is 1. The molecule has 0 aliphatic carbocycles. The second-order valence-electron chi connectivity index (χ2n) is 5.35. The number of likely N-dealkylation sites (N-methyl/N-ethyl adjacent to an activating group) is 1. The van der Waals surface area contributed by atoms with Crippen LogP contribution in [0.2, 0.25) is 0 Å². The van der Waals surface area contributed by atoms with Crippen LogP contribution in [0.1, 0.15) is 31.2 Å². The van der Waals surface area contributed by atoms with Gasteiger partial charge in [0.1, 0.15) is 0 Å². The maximum atomic E-state index is 5.95. The fourth-order valence-electron chi connectivity index (χ4n) is 2.71. The summed E-state index contributed by atoms with van der Waals surface area (Å²) in [4.78, 5) is 2.97. The lowest BCUT2D eigenvalue weighted by atomic mass is 9.98. The topological polar surface area (TPSA) is 38.5 Å². The summed E-state index contributed by atoms with van der Waals surface area (Å²) in [6, 6.07) is 10.3. The highest BCUT2D eigenvalue weighted by molar-refractivity contribution is 7.80. The molecule has 3 nitrogen and oxygen atoms in total. The molecule has 110 valence electrons. The van der Waals surface area contributed by atoms with Crippen molar-refractivity contribution in [3.8, 4) is 0 Å². The van der Waals surface area contributed by atoms with E-state index < -0.39 is 0 Å². The molecule has 0 amide bonds. The molecule has 1 saturated heterocycles. The van der Waals surface area contributed by atoms with E-state index in [-0.39, 0.29) is 5.92 Å². The van der Waals surface area contributed by atoms with Gasteiger partial charge in [-0.3, -0.25) is 0 Å². The third-order valence-corrected chi connectivity index (χ3v) is 4.20. The zero-order valence-corrected chi connectivity index (χ0v) is 12.9. The van der Waals surface area contributed by atoms with Gasteiger partial charge in [0.25, 0.3) is 0 Å². The summed E-state index contributed by atoms with van der Waals surface area (Å²) < 4.78 is 5.73. The number of hydrogen-bond donors (Lipinski definition) is 1. The lowest BCUT2D eigenvalue weighted by Gasteiger charge is -2.28. The van der Waals surface area contributed by atoms with E-state index in [1.807, 2.05) is 18.2 Å². The molecule has 1 heterocycles. The van der Waals surface area contributed by atoms with E-state index in [9.17, 15) is 0 Å². The van der Waals surface area contributed by atoms with Crippen molar-refractivity contribution in [2.75, 3.05) is 26.2 Å². The molecule has 0 bridgehead atoms. The molecule has 1 aromatic carbocycles. The Morgan fingerprint density at radius 2 is 2.20 bits per heavy atom. The van der Waals surface area contributed by atoms with Crippen molar-refractivity contribution in [2.45, 2.75) is 31.8 Å². The molecular formula is C16H24N2OS. The molecule has 20 heavy (non-hydrogen) atoms. The van der Waals surface area contributed by atoms with Gasteiger partial charge < -0.3 is 15.4 Å². The SMILES string of the molecule is CCN(CC1CCCO1)CC(C(N)=S)c1ccccc1. The van der Waals surface area contributed by atoms with Gasteiger partial charge in [-0.15, -0.1) is 0 Å². The molecule has 2 N–H and O–H groups in total. The molecule has 1 aromatic rings. The Hall–Kier alpha value is -0.970. The van der Waals surface area contributed by atoms with Gasteiger partial charge in [0.15, 0.2) is 0 Å². The third kappa shape index (κ3) is 4.27. The van der Waals surface area contributed by atoms with E-state index in [0.717, 1.165) is 26.2 Å². The maximum Gasteiger partial charge on any atom is 0.0816 e. The minimum atomic E-state index is 0.118. The first-order chi connectivity index (χ1) is 9.70. The normalized spacial score (nSPS) is 20.2. The Morgan fingerprint density at radius 1 is 1.45 bits per heavy atom. The highest BCUT2D eigenvalue weighted by Gasteiger charge is 2.22. The standard InChI is InChI=1S/C16H24N2OS/c1-2-18(11-14-9-6-10-19-14)12-15(16(17)20)13-7-4-3-5-8-13/h3-5,7-8,14-15H,2,6,9-12H2,1H3,(H2,17,20). The van der Waals surface area contributed by atoms with Crippen LogP contribution in [0.15, 0.2) is 30.3 Å². The van der Waals surface area contributed by atoms with E-state index in [0.29, 0.717) is 11.1 Å². The zero-order chi connectivity index (χ0) is 14.4. The summed E-state index contributed by atoms with van der Waals surface area (Å²) in [5, 5.41) is 0. The molecule has 1 aliphatic rings. The number of benzene rings is 1. The van der Waals surface area contributed by atoms with E-state index in [1.165, 1.54) is 18.4 Å². The Balaban J connectivity index is 2.00. The molecule has 0 aromatic heterocycles. The predicted octanol–water partition coefficient (Wildman–Crippen LogP) is 2.56. The molecule has 4 heteroatoms. The van der Waals surface area contributed by atoms with Crippen molar-refractivity contribution < 1.29 is 4.74 Å². The van der Waals surface area contributed by atoms with E-state index in [1.54, 1.807) is 0 Å². The second kappa shape index (κ2) is 7.72. The minimum absolute atomic E-state index is 0.118. The van der Waals surface area contributed by atoms with E-state index in [2.05, 4.69) is 24.0 Å². The third-order valence-electron chi connectivity index (χ3n) is 3.92. The van der Waals surface area contributed by atoms with Gasteiger partial charge in [0.2, 0.25) is 0 Å². The van der Waals surface area contributed by atoms with Crippen molar-refractivity contribution in [3.05, 3.63) is 35.9 Å². The van der Waals surface area contributed by atoms with Gasteiger partial charge in [-0.2, -0.15) is 0 Å². The quantitative estimate of drug-likeness (QED) is 0.784. The van der Waals surface area contributed by atoms with Crippen LogP contribution in [0.25, 0.3) is 0 Å². The van der Waals surface area contributed by atoms with Gasteiger partial charge in [0.05, 0.1) is 11.1 Å². The molecule has 2 atom stereocenters. The summed E-state index contributed by atoms with van der Waals surface area (Å²) in [5.74, 6) is 0.118. The van der Waals surface area contributed by atoms with Gasteiger partial charge >= 0.3 is 0 Å². The lowest BCUT2D eigenvalue weighted by molar-refractivity contribution is 0.0745. The number of nitrogens with zero attached hydrogens (tertiary/aromatic N) is 1. The van der Waals surface area contributed by atoms with Crippen molar-refractivity contribution in [2.24, 2.45) is 5.73 Å². The van der Waals surface area contributed by atoms with Gasteiger partial charge in [-0.1, -0.05) is 49.5 Å². The maximum absolute atomic E-state index is 5.95. The Labute approximate surface area is 127 Å². The molecule has 0 radical (unpaired) electrons. The van der Waals surface area contributed by atoms with Crippen LogP contribution in [0.5, 0.6) is 0 Å². The van der Waals surface area contributed by atoms with E-state index >= 15 is 0 Å². The molecule has 2 rings (SSSR count). The van der Waals surface area contributed by atoms with Crippen LogP contribution in [-0.2, 0) is 4.74 Å². The van der Waals surface area contributed by atoms with Gasteiger partial charge in [0, 0.05) is 25.6 Å². The van der Waals surface area contributed by atoms with Crippen molar-refractivity contribution in [3.63, 3.8) is 0 Å². The van der Waals surface area contributed by atoms with Crippen molar-refractivity contribution >= 4 is 17.2 Å². The Kier molecular flexibility index (Phi) is 5.95. The molecule has 0 spiro atoms. The largest absolute Gasteiger partial charge is 0.393 e. The van der Waals surface area contributed by atoms with Crippen LogP contribution in [0, 0.1) is 0 Å². The number of thiocarbonyl (C=S) groups is 1. The fourth-order valence-corrected chi connectivity index (χ4v) is 2.92. The zero-order valence-electron chi connectivity index (χ0n) is 12.1. The first kappa shape index (κ1) is 15.4. The summed E-state index contributed by atoms with van der Waals surface area (Å²) in [5.41, 5.74) is 7.15. The highest BCUT2D eigenvalue weighted by Crippen LogP contribution is 2.19. The summed E-state index contributed by atoms with van der Waals surface area (Å²) in [6.07, 6.45) is 2.72. The van der Waals surface area contributed by atoms with Gasteiger partial charge in [-0.25, -0.2) is 0 Å². The number of rotatable bonds is 7. The average Bonchev–Trinajstić information content (AvgIpc) is 2.96. The molecule has 2 unspecified atom stereocenters. The van der Waals surface area contributed by atoms with Gasteiger partial charge in [-0.05, 0) is 24.9 Å². The second-order valence-corrected chi connectivity index (χ2v) is 5.82. The minimum Gasteiger partial charge on any atom is -0.393 e. The predicted molar refractivity (Wildman–Crippen MR) is 87.1 cm³/mol. The first-order valence-electron chi connectivity index (χ1n) is 7.39. The summed E-state index contributed by atoms with van der Waals surface area (Å²) >= 11 is 5.27. The molecule has 1 aliphatic heterocycles. The molecular weight excluding hydrogens is 268 g/mol. The monoisotopic (exact) mass is 292 g/mol. The Morgan fingerprint density at radius 3 is 2.75 bits per heavy atom. The fraction of sp³-hybridized carbons (Fsp3) is 0.562. The molecule has 0 saturated carbocycles.